The first-order chi connectivity index (χ1) is 7.81. The van der Waals surface area contributed by atoms with Crippen molar-refractivity contribution < 1.29 is 19.5 Å². The fourth-order valence-corrected chi connectivity index (χ4v) is 1.54. The molecule has 6 nitrogen and oxygen atoms in total. The topological polar surface area (TPSA) is 86.8 Å². The maximum atomic E-state index is 10.6. The maximum absolute atomic E-state index is 10.6. The van der Waals surface area contributed by atoms with Crippen molar-refractivity contribution in [3.63, 3.8) is 0 Å². The first kappa shape index (κ1) is 13.7. The largest absolute Gasteiger partial charge is 0.476 e. The van der Waals surface area contributed by atoms with Gasteiger partial charge in [-0.2, -0.15) is 0 Å². The Kier molecular flexibility index (Phi) is 4.25. The lowest BCUT2D eigenvalue weighted by atomic mass is 10.1. The van der Waals surface area contributed by atoms with E-state index >= 15 is 0 Å². The Labute approximate surface area is 99.8 Å². The van der Waals surface area contributed by atoms with Crippen LogP contribution in [0.5, 0.6) is 0 Å². The summed E-state index contributed by atoms with van der Waals surface area (Å²) in [7, 11) is 0. The summed E-state index contributed by atoms with van der Waals surface area (Å²) >= 11 is 0. The smallest absolute Gasteiger partial charge is 0.358 e. The minimum atomic E-state index is -1.11. The molecule has 0 saturated carbocycles. The number of rotatable bonds is 6. The lowest BCUT2D eigenvalue weighted by molar-refractivity contribution is 0.0328. The first-order valence-electron chi connectivity index (χ1n) is 5.45. The van der Waals surface area contributed by atoms with Gasteiger partial charge in [-0.15, -0.1) is 0 Å². The Balaban J connectivity index is 2.64. The number of nitrogens with zero attached hydrogens (tertiary/aromatic N) is 2. The summed E-state index contributed by atoms with van der Waals surface area (Å²) in [4.78, 5) is 12.6. The zero-order valence-electron chi connectivity index (χ0n) is 10.3. The van der Waals surface area contributed by atoms with Gasteiger partial charge in [0.05, 0.1) is 12.1 Å². The summed E-state index contributed by atoms with van der Waals surface area (Å²) in [5.41, 5.74) is -0.898. The van der Waals surface area contributed by atoms with Crippen LogP contribution in [-0.2, 0) is 6.54 Å². The van der Waals surface area contributed by atoms with Gasteiger partial charge >= 0.3 is 5.97 Å². The van der Waals surface area contributed by atoms with Crippen molar-refractivity contribution in [1.29, 1.82) is 0 Å². The van der Waals surface area contributed by atoms with Crippen LogP contribution in [0.1, 0.15) is 37.0 Å². The lowest BCUT2D eigenvalue weighted by Gasteiger charge is -2.26. The van der Waals surface area contributed by atoms with E-state index in [4.69, 9.17) is 9.63 Å². The summed E-state index contributed by atoms with van der Waals surface area (Å²) < 4.78 is 4.92. The summed E-state index contributed by atoms with van der Waals surface area (Å²) in [5.74, 6) is -0.626. The van der Waals surface area contributed by atoms with Gasteiger partial charge in [0.2, 0.25) is 0 Å². The number of hydrogen-bond donors (Lipinski definition) is 2. The average Bonchev–Trinajstić information content (AvgIpc) is 2.63. The van der Waals surface area contributed by atoms with Gasteiger partial charge in [-0.1, -0.05) is 12.1 Å². The molecule has 6 heteroatoms. The molecule has 1 rings (SSSR count). The van der Waals surface area contributed by atoms with Crippen LogP contribution in [0.25, 0.3) is 0 Å². The minimum absolute atomic E-state index is 0.0979. The third kappa shape index (κ3) is 4.54. The molecule has 0 spiro atoms. The lowest BCUT2D eigenvalue weighted by Crippen LogP contribution is -2.38. The Morgan fingerprint density at radius 2 is 2.24 bits per heavy atom. The average molecular weight is 242 g/mol. The second kappa shape index (κ2) is 5.29. The van der Waals surface area contributed by atoms with E-state index in [0.717, 1.165) is 6.54 Å². The van der Waals surface area contributed by atoms with Gasteiger partial charge in [0.25, 0.3) is 0 Å². The number of carbonyl (C=O) groups is 1. The van der Waals surface area contributed by atoms with Gasteiger partial charge in [-0.3, -0.25) is 4.90 Å². The van der Waals surface area contributed by atoms with Crippen molar-refractivity contribution in [2.24, 2.45) is 0 Å². The molecule has 0 aliphatic rings. The number of aliphatic hydroxyl groups is 1. The molecular weight excluding hydrogens is 224 g/mol. The molecule has 1 aromatic rings. The van der Waals surface area contributed by atoms with Gasteiger partial charge < -0.3 is 14.7 Å². The summed E-state index contributed by atoms with van der Waals surface area (Å²) in [6.07, 6.45) is 0. The molecule has 2 N–H and O–H groups in total. The molecule has 96 valence electrons. The van der Waals surface area contributed by atoms with E-state index in [2.05, 4.69) is 5.16 Å². The van der Waals surface area contributed by atoms with Crippen molar-refractivity contribution in [1.82, 2.24) is 10.1 Å². The van der Waals surface area contributed by atoms with Gasteiger partial charge in [-0.05, 0) is 20.4 Å². The third-order valence-corrected chi connectivity index (χ3v) is 2.22. The van der Waals surface area contributed by atoms with E-state index in [-0.39, 0.29) is 5.69 Å². The summed E-state index contributed by atoms with van der Waals surface area (Å²) in [6, 6.07) is 1.40. The zero-order valence-corrected chi connectivity index (χ0v) is 10.3. The number of aromatic carboxylic acids is 1. The van der Waals surface area contributed by atoms with E-state index in [1.54, 1.807) is 13.8 Å². The van der Waals surface area contributed by atoms with Crippen molar-refractivity contribution in [3.8, 4) is 0 Å². The minimum Gasteiger partial charge on any atom is -0.476 e. The van der Waals surface area contributed by atoms with Crippen LogP contribution in [0, 0.1) is 0 Å². The predicted molar refractivity (Wildman–Crippen MR) is 60.7 cm³/mol. The Morgan fingerprint density at radius 1 is 1.59 bits per heavy atom. The Hall–Kier alpha value is -1.40. The standard InChI is InChI=1S/C11H18N2O4/c1-4-13(7-11(2,3)16)6-8-5-9(10(14)15)12-17-8/h5,16H,4,6-7H2,1-3H3,(H,14,15). The highest BCUT2D eigenvalue weighted by Gasteiger charge is 2.19. The number of hydrogen-bond acceptors (Lipinski definition) is 5. The van der Waals surface area contributed by atoms with Crippen LogP contribution < -0.4 is 0 Å². The third-order valence-electron chi connectivity index (χ3n) is 2.22. The quantitative estimate of drug-likeness (QED) is 0.772. The molecule has 17 heavy (non-hydrogen) atoms. The highest BCUT2D eigenvalue weighted by atomic mass is 16.5. The highest BCUT2D eigenvalue weighted by Crippen LogP contribution is 2.11. The summed E-state index contributed by atoms with van der Waals surface area (Å²) in [5, 5.41) is 21.8. The molecule has 0 bridgehead atoms. The second-order valence-electron chi connectivity index (χ2n) is 4.60. The van der Waals surface area contributed by atoms with Crippen molar-refractivity contribution in [2.75, 3.05) is 13.1 Å². The van der Waals surface area contributed by atoms with Crippen LogP contribution in [0.2, 0.25) is 0 Å². The van der Waals surface area contributed by atoms with Crippen LogP contribution in [0.15, 0.2) is 10.6 Å². The molecule has 0 saturated heterocycles. The van der Waals surface area contributed by atoms with Crippen LogP contribution >= 0.6 is 0 Å². The molecule has 0 unspecified atom stereocenters. The van der Waals surface area contributed by atoms with Crippen molar-refractivity contribution in [3.05, 3.63) is 17.5 Å². The molecule has 0 aliphatic carbocycles. The van der Waals surface area contributed by atoms with Crippen LogP contribution in [-0.4, -0.2) is 44.9 Å². The molecule has 0 atom stereocenters. The molecule has 0 aromatic carbocycles. The molecular formula is C11H18N2O4. The predicted octanol–water partition coefficient (Wildman–Crippen LogP) is 0.966. The first-order valence-corrected chi connectivity index (χ1v) is 5.45. The maximum Gasteiger partial charge on any atom is 0.358 e. The molecule has 0 fully saturated rings. The summed E-state index contributed by atoms with van der Waals surface area (Å²) in [6.45, 7) is 7.04. The number of aromatic nitrogens is 1. The van der Waals surface area contributed by atoms with E-state index < -0.39 is 11.6 Å². The molecule has 1 heterocycles. The highest BCUT2D eigenvalue weighted by molar-refractivity contribution is 5.85. The van der Waals surface area contributed by atoms with Gasteiger partial charge in [0, 0.05) is 12.6 Å². The van der Waals surface area contributed by atoms with Crippen molar-refractivity contribution in [2.45, 2.75) is 32.9 Å². The van der Waals surface area contributed by atoms with E-state index in [9.17, 15) is 9.90 Å². The molecule has 0 amide bonds. The van der Waals surface area contributed by atoms with Gasteiger partial charge in [-0.25, -0.2) is 4.79 Å². The fraction of sp³-hybridized carbons (Fsp3) is 0.636. The van der Waals surface area contributed by atoms with Crippen LogP contribution in [0.4, 0.5) is 0 Å². The normalized spacial score (nSPS) is 12.1. The number of carboxylic acids is 1. The molecule has 0 aliphatic heterocycles. The molecule has 0 radical (unpaired) electrons. The Morgan fingerprint density at radius 3 is 2.65 bits per heavy atom. The zero-order chi connectivity index (χ0) is 13.1. The fourth-order valence-electron chi connectivity index (χ4n) is 1.54. The number of likely N-dealkylation sites (N-methyl/N-ethyl adjacent to an activating group) is 1. The van der Waals surface area contributed by atoms with Crippen LogP contribution in [0.3, 0.4) is 0 Å². The number of carboxylic acid groups (broad SMARTS) is 1. The van der Waals surface area contributed by atoms with E-state index in [1.165, 1.54) is 6.07 Å². The second-order valence-corrected chi connectivity index (χ2v) is 4.60. The molecule has 1 aromatic heterocycles. The Bertz CT molecular complexity index is 381. The SMILES string of the molecule is CCN(Cc1cc(C(=O)O)no1)CC(C)(C)O. The van der Waals surface area contributed by atoms with Gasteiger partial charge in [0.1, 0.15) is 0 Å². The van der Waals surface area contributed by atoms with Crippen molar-refractivity contribution >= 4 is 5.97 Å². The van der Waals surface area contributed by atoms with E-state index in [1.807, 2.05) is 11.8 Å². The van der Waals surface area contributed by atoms with Gasteiger partial charge in [0.15, 0.2) is 11.5 Å². The monoisotopic (exact) mass is 242 g/mol. The van der Waals surface area contributed by atoms with E-state index in [0.29, 0.717) is 18.8 Å².